The van der Waals surface area contributed by atoms with Gasteiger partial charge in [0.05, 0.1) is 6.42 Å². The molecule has 0 aromatic heterocycles. The predicted octanol–water partition coefficient (Wildman–Crippen LogP) is 1.01. The van der Waals surface area contributed by atoms with E-state index in [1.54, 1.807) is 6.92 Å². The van der Waals surface area contributed by atoms with Crippen LogP contribution in [-0.2, 0) is 9.59 Å². The van der Waals surface area contributed by atoms with Crippen molar-refractivity contribution < 1.29 is 19.8 Å². The molecule has 0 heterocycles. The Morgan fingerprint density at radius 3 is 2.17 bits per heavy atom. The summed E-state index contributed by atoms with van der Waals surface area (Å²) in [4.78, 5) is 20.4. The van der Waals surface area contributed by atoms with Crippen molar-refractivity contribution in [2.75, 3.05) is 0 Å². The molecule has 0 amide bonds. The van der Waals surface area contributed by atoms with Gasteiger partial charge in [-0.2, -0.15) is 12.6 Å². The van der Waals surface area contributed by atoms with Crippen molar-refractivity contribution in [3.63, 3.8) is 0 Å². The van der Waals surface area contributed by atoms with E-state index in [1.165, 1.54) is 0 Å². The Labute approximate surface area is 76.0 Å². The lowest BCUT2D eigenvalue weighted by Gasteiger charge is -2.19. The third-order valence-corrected chi connectivity index (χ3v) is 1.79. The highest BCUT2D eigenvalue weighted by Gasteiger charge is 2.23. The summed E-state index contributed by atoms with van der Waals surface area (Å²) < 4.78 is -0.732. The van der Waals surface area contributed by atoms with Crippen LogP contribution in [0.1, 0.15) is 26.2 Å². The average Bonchev–Trinajstić information content (AvgIpc) is 1.81. The Morgan fingerprint density at radius 1 is 1.33 bits per heavy atom. The second-order valence-corrected chi connectivity index (χ2v) is 4.04. The molecule has 0 aromatic rings. The number of aliphatic carboxylic acids is 2. The first-order chi connectivity index (χ1) is 5.33. The minimum atomic E-state index is -0.960. The third-order valence-electron chi connectivity index (χ3n) is 1.41. The van der Waals surface area contributed by atoms with Gasteiger partial charge in [-0.15, -0.1) is 0 Å². The van der Waals surface area contributed by atoms with Crippen LogP contribution in [0.2, 0.25) is 0 Å². The molecule has 4 nitrogen and oxygen atoms in total. The molecule has 1 atom stereocenters. The molecule has 0 saturated heterocycles. The van der Waals surface area contributed by atoms with Gasteiger partial charge in [0.15, 0.2) is 0 Å². The Kier molecular flexibility index (Phi) is 4.09. The van der Waals surface area contributed by atoms with Gasteiger partial charge in [0, 0.05) is 11.2 Å². The third kappa shape index (κ3) is 6.03. The minimum absolute atomic E-state index is 0.0483. The fraction of sp³-hybridized carbons (Fsp3) is 0.714. The predicted molar refractivity (Wildman–Crippen MR) is 46.5 cm³/mol. The van der Waals surface area contributed by atoms with Gasteiger partial charge >= 0.3 is 11.9 Å². The summed E-state index contributed by atoms with van der Waals surface area (Å²) in [5, 5.41) is 16.7. The molecule has 12 heavy (non-hydrogen) atoms. The second-order valence-electron chi connectivity index (χ2n) is 2.96. The van der Waals surface area contributed by atoms with Crippen molar-refractivity contribution in [1.82, 2.24) is 0 Å². The van der Waals surface area contributed by atoms with Gasteiger partial charge in [-0.05, 0) is 6.42 Å². The fourth-order valence-corrected chi connectivity index (χ4v) is 1.04. The number of rotatable bonds is 5. The Balaban J connectivity index is 3.86. The van der Waals surface area contributed by atoms with Crippen molar-refractivity contribution in [1.29, 1.82) is 0 Å². The molecule has 70 valence electrons. The molecule has 0 aromatic carbocycles. The number of carboxylic acid groups (broad SMARTS) is 2. The van der Waals surface area contributed by atoms with Crippen molar-refractivity contribution in [3.05, 3.63) is 0 Å². The molecule has 1 unspecified atom stereocenters. The van der Waals surface area contributed by atoms with Crippen LogP contribution in [0.25, 0.3) is 0 Å². The van der Waals surface area contributed by atoms with Crippen molar-refractivity contribution >= 4 is 24.6 Å². The van der Waals surface area contributed by atoms with E-state index < -0.39 is 16.7 Å². The van der Waals surface area contributed by atoms with E-state index in [9.17, 15) is 9.59 Å². The van der Waals surface area contributed by atoms with E-state index in [1.807, 2.05) is 0 Å². The lowest BCUT2D eigenvalue weighted by Crippen LogP contribution is -2.22. The highest BCUT2D eigenvalue weighted by molar-refractivity contribution is 7.81. The fourth-order valence-electron chi connectivity index (χ4n) is 0.790. The number of carboxylic acids is 2. The molecule has 0 spiro atoms. The molecule has 5 heteroatoms. The highest BCUT2D eigenvalue weighted by Crippen LogP contribution is 2.24. The molecule has 0 fully saturated rings. The summed E-state index contributed by atoms with van der Waals surface area (Å²) in [5.74, 6) is -1.89. The smallest absolute Gasteiger partial charge is 0.304 e. The van der Waals surface area contributed by atoms with E-state index in [0.29, 0.717) is 0 Å². The summed E-state index contributed by atoms with van der Waals surface area (Å²) in [6, 6.07) is 0. The second kappa shape index (κ2) is 4.35. The first-order valence-electron chi connectivity index (χ1n) is 3.49. The van der Waals surface area contributed by atoms with Gasteiger partial charge in [0.2, 0.25) is 0 Å². The van der Waals surface area contributed by atoms with Gasteiger partial charge in [-0.25, -0.2) is 0 Å². The summed E-state index contributed by atoms with van der Waals surface area (Å²) >= 11 is 4.06. The van der Waals surface area contributed by atoms with Gasteiger partial charge in [-0.3, -0.25) is 9.59 Å². The molecule has 0 aliphatic carbocycles. The monoisotopic (exact) mass is 192 g/mol. The molecule has 0 radical (unpaired) electrons. The summed E-state index contributed by atoms with van der Waals surface area (Å²) in [6.07, 6.45) is 0.0917. The van der Waals surface area contributed by atoms with Crippen LogP contribution in [-0.4, -0.2) is 26.9 Å². The van der Waals surface area contributed by atoms with Gasteiger partial charge in [0.1, 0.15) is 0 Å². The molecular weight excluding hydrogens is 180 g/mol. The van der Waals surface area contributed by atoms with Gasteiger partial charge in [0.25, 0.3) is 0 Å². The van der Waals surface area contributed by atoms with E-state index >= 15 is 0 Å². The largest absolute Gasteiger partial charge is 0.481 e. The normalized spacial score (nSPS) is 15.2. The lowest BCUT2D eigenvalue weighted by atomic mass is 10.0. The van der Waals surface area contributed by atoms with Gasteiger partial charge < -0.3 is 10.2 Å². The number of thiol groups is 1. The zero-order chi connectivity index (χ0) is 9.78. The summed E-state index contributed by atoms with van der Waals surface area (Å²) in [5.41, 5.74) is 0. The molecular formula is C7H12O4S. The Hall–Kier alpha value is -0.710. The number of carbonyl (C=O) groups is 2. The van der Waals surface area contributed by atoms with E-state index in [2.05, 4.69) is 12.6 Å². The standard InChI is InChI=1S/C7H12O4S/c1-7(12,4-6(10)11)3-2-5(8)9/h12H,2-4H2,1H3,(H,8,9)(H,10,11). The van der Waals surface area contributed by atoms with Crippen LogP contribution in [0.15, 0.2) is 0 Å². The van der Waals surface area contributed by atoms with Crippen molar-refractivity contribution in [2.24, 2.45) is 0 Å². The molecule has 0 bridgehead atoms. The van der Waals surface area contributed by atoms with Crippen molar-refractivity contribution in [2.45, 2.75) is 30.9 Å². The lowest BCUT2D eigenvalue weighted by molar-refractivity contribution is -0.139. The maximum Gasteiger partial charge on any atom is 0.304 e. The van der Waals surface area contributed by atoms with E-state index in [-0.39, 0.29) is 19.3 Å². The van der Waals surface area contributed by atoms with Crippen LogP contribution in [0.5, 0.6) is 0 Å². The maximum atomic E-state index is 10.3. The molecule has 0 aliphatic rings. The van der Waals surface area contributed by atoms with E-state index in [4.69, 9.17) is 10.2 Å². The maximum absolute atomic E-state index is 10.3. The minimum Gasteiger partial charge on any atom is -0.481 e. The Bertz CT molecular complexity index is 188. The van der Waals surface area contributed by atoms with Crippen LogP contribution in [0, 0.1) is 0 Å². The average molecular weight is 192 g/mol. The zero-order valence-electron chi connectivity index (χ0n) is 6.78. The molecule has 2 N–H and O–H groups in total. The number of hydrogen-bond donors (Lipinski definition) is 3. The SMILES string of the molecule is CC(S)(CCC(=O)O)CC(=O)O. The molecule has 0 rings (SSSR count). The topological polar surface area (TPSA) is 74.6 Å². The van der Waals surface area contributed by atoms with Crippen LogP contribution in [0.3, 0.4) is 0 Å². The van der Waals surface area contributed by atoms with Crippen LogP contribution in [0.4, 0.5) is 0 Å². The van der Waals surface area contributed by atoms with E-state index in [0.717, 1.165) is 0 Å². The van der Waals surface area contributed by atoms with Crippen LogP contribution >= 0.6 is 12.6 Å². The van der Waals surface area contributed by atoms with Crippen LogP contribution < -0.4 is 0 Å². The van der Waals surface area contributed by atoms with Crippen molar-refractivity contribution in [3.8, 4) is 0 Å². The zero-order valence-corrected chi connectivity index (χ0v) is 7.67. The summed E-state index contributed by atoms with van der Waals surface area (Å²) in [6.45, 7) is 1.62. The molecule has 0 saturated carbocycles. The quantitative estimate of drug-likeness (QED) is 0.568. The first kappa shape index (κ1) is 11.3. The number of hydrogen-bond acceptors (Lipinski definition) is 3. The highest BCUT2D eigenvalue weighted by atomic mass is 32.1. The summed E-state index contributed by atoms with van der Waals surface area (Å²) in [7, 11) is 0. The Morgan fingerprint density at radius 2 is 1.83 bits per heavy atom. The first-order valence-corrected chi connectivity index (χ1v) is 3.94. The molecule has 0 aliphatic heterocycles. The van der Waals surface area contributed by atoms with Gasteiger partial charge in [-0.1, -0.05) is 6.92 Å².